The number of nitrogens with zero attached hydrogens (tertiary/aromatic N) is 4. The van der Waals surface area contributed by atoms with Crippen molar-refractivity contribution in [2.75, 3.05) is 9.80 Å². The number of hydrogen-bond acceptors (Lipinski definition) is 2. The lowest BCUT2D eigenvalue weighted by Crippen LogP contribution is -2.10. The highest BCUT2D eigenvalue weighted by atomic mass is 15.1. The normalized spacial score (nSPS) is 11.5. The average molecular weight is 951 g/mol. The van der Waals surface area contributed by atoms with Crippen LogP contribution in [0, 0.1) is 27.7 Å². The van der Waals surface area contributed by atoms with Gasteiger partial charge in [0.1, 0.15) is 0 Å². The molecular weight excluding hydrogens is 897 g/mol. The van der Waals surface area contributed by atoms with Gasteiger partial charge in [0.25, 0.3) is 0 Å². The Morgan fingerprint density at radius 2 is 0.486 bits per heavy atom. The average Bonchev–Trinajstić information content (AvgIpc) is 3.96. The van der Waals surface area contributed by atoms with Crippen LogP contribution in [0.15, 0.2) is 255 Å². The van der Waals surface area contributed by atoms with E-state index in [1.165, 1.54) is 88.1 Å². The predicted octanol–water partition coefficient (Wildman–Crippen LogP) is 19.4. The number of aromatic nitrogens is 2. The van der Waals surface area contributed by atoms with Crippen molar-refractivity contribution in [2.45, 2.75) is 27.7 Å². The molecule has 0 fully saturated rings. The fourth-order valence-electron chi connectivity index (χ4n) is 10.9. The van der Waals surface area contributed by atoms with Crippen LogP contribution in [-0.2, 0) is 0 Å². The van der Waals surface area contributed by atoms with E-state index in [0.717, 1.165) is 45.5 Å². The molecule has 2 aromatic heterocycles. The first-order chi connectivity index (χ1) is 36.3. The first-order valence-corrected chi connectivity index (χ1v) is 25.6. The molecule has 0 N–H and O–H groups in total. The lowest BCUT2D eigenvalue weighted by atomic mass is 9.99. The van der Waals surface area contributed by atoms with Gasteiger partial charge in [0.15, 0.2) is 0 Å². The lowest BCUT2D eigenvalue weighted by Gasteiger charge is -2.26. The zero-order valence-corrected chi connectivity index (χ0v) is 42.0. The summed E-state index contributed by atoms with van der Waals surface area (Å²) in [4.78, 5) is 4.74. The topological polar surface area (TPSA) is 16.3 Å². The Balaban J connectivity index is 0.803. The molecule has 13 rings (SSSR count). The molecule has 354 valence electrons. The van der Waals surface area contributed by atoms with E-state index in [1.54, 1.807) is 0 Å². The summed E-state index contributed by atoms with van der Waals surface area (Å²) in [5, 5.41) is 4.92. The van der Waals surface area contributed by atoms with E-state index in [9.17, 15) is 0 Å². The molecule has 0 aliphatic carbocycles. The summed E-state index contributed by atoms with van der Waals surface area (Å²) in [6, 6.07) is 93.6. The molecule has 13 aromatic rings. The van der Waals surface area contributed by atoms with Crippen molar-refractivity contribution in [1.82, 2.24) is 9.13 Å². The summed E-state index contributed by atoms with van der Waals surface area (Å²) in [6.07, 6.45) is 0. The van der Waals surface area contributed by atoms with Crippen molar-refractivity contribution in [1.29, 1.82) is 0 Å². The molecule has 0 atom stereocenters. The Morgan fingerprint density at radius 1 is 0.230 bits per heavy atom. The van der Waals surface area contributed by atoms with E-state index >= 15 is 0 Å². The van der Waals surface area contributed by atoms with Crippen molar-refractivity contribution < 1.29 is 0 Å². The number of aryl methyl sites for hydroxylation is 4. The van der Waals surface area contributed by atoms with E-state index in [2.05, 4.69) is 301 Å². The maximum atomic E-state index is 2.38. The molecule has 0 saturated heterocycles. The van der Waals surface area contributed by atoms with Gasteiger partial charge in [-0.15, -0.1) is 0 Å². The summed E-state index contributed by atoms with van der Waals surface area (Å²) >= 11 is 0. The van der Waals surface area contributed by atoms with Gasteiger partial charge in [0.2, 0.25) is 0 Å². The largest absolute Gasteiger partial charge is 0.310 e. The SMILES string of the molecule is Cc1ccc(N(c2ccc(-c3ccc(-c4ccc(N(c5ccc(C)cc5)c5ccc6c(c5)c5ccccc5n6-c5ccc(C)cc5)cc4)cc3)cc2)c2ccc3c(c2)c2ccccc2n3-c2ccc(C)cc2)cc1. The Hall–Kier alpha value is -9.38. The molecule has 0 unspecified atom stereocenters. The highest BCUT2D eigenvalue weighted by molar-refractivity contribution is 6.12. The maximum absolute atomic E-state index is 2.38. The Labute approximate surface area is 432 Å². The number of hydrogen-bond donors (Lipinski definition) is 0. The van der Waals surface area contributed by atoms with E-state index in [4.69, 9.17) is 0 Å². The van der Waals surface area contributed by atoms with Gasteiger partial charge in [-0.3, -0.25) is 0 Å². The minimum atomic E-state index is 1.10. The van der Waals surface area contributed by atoms with Crippen molar-refractivity contribution >= 4 is 77.7 Å². The predicted molar refractivity (Wildman–Crippen MR) is 314 cm³/mol. The van der Waals surface area contributed by atoms with E-state index < -0.39 is 0 Å². The quantitative estimate of drug-likeness (QED) is 0.136. The zero-order chi connectivity index (χ0) is 49.9. The molecule has 2 heterocycles. The molecule has 0 aliphatic heterocycles. The second-order valence-electron chi connectivity index (χ2n) is 19.8. The van der Waals surface area contributed by atoms with Gasteiger partial charge < -0.3 is 18.9 Å². The molecule has 74 heavy (non-hydrogen) atoms. The molecule has 11 aromatic carbocycles. The summed E-state index contributed by atoms with van der Waals surface area (Å²) in [6.45, 7) is 8.57. The fraction of sp³-hybridized carbons (Fsp3) is 0.0571. The molecular formula is C70H54N4. The molecule has 0 bridgehead atoms. The summed E-state index contributed by atoms with van der Waals surface area (Å²) in [7, 11) is 0. The highest BCUT2D eigenvalue weighted by Gasteiger charge is 2.20. The number of para-hydroxylation sites is 2. The van der Waals surface area contributed by atoms with Crippen LogP contribution in [0.4, 0.5) is 34.1 Å². The van der Waals surface area contributed by atoms with Gasteiger partial charge in [-0.05, 0) is 171 Å². The Morgan fingerprint density at radius 3 is 0.824 bits per heavy atom. The zero-order valence-electron chi connectivity index (χ0n) is 42.0. The van der Waals surface area contributed by atoms with Crippen LogP contribution in [0.2, 0.25) is 0 Å². The summed E-state index contributed by atoms with van der Waals surface area (Å²) < 4.78 is 4.77. The van der Waals surface area contributed by atoms with Gasteiger partial charge in [-0.2, -0.15) is 0 Å². The van der Waals surface area contributed by atoms with Gasteiger partial charge >= 0.3 is 0 Å². The first kappa shape index (κ1) is 44.6. The Bertz CT molecular complexity index is 3890. The van der Waals surface area contributed by atoms with Crippen LogP contribution in [0.5, 0.6) is 0 Å². The summed E-state index contributed by atoms with van der Waals surface area (Å²) in [5.41, 5.74) is 23.4. The molecule has 0 amide bonds. The van der Waals surface area contributed by atoms with Crippen molar-refractivity contribution in [2.24, 2.45) is 0 Å². The van der Waals surface area contributed by atoms with Crippen LogP contribution in [-0.4, -0.2) is 9.13 Å². The third kappa shape index (κ3) is 7.98. The van der Waals surface area contributed by atoms with Crippen molar-refractivity contribution in [3.8, 4) is 33.6 Å². The van der Waals surface area contributed by atoms with Crippen molar-refractivity contribution in [3.05, 3.63) is 277 Å². The number of benzene rings is 11. The number of fused-ring (bicyclic) bond motifs is 6. The van der Waals surface area contributed by atoms with Gasteiger partial charge in [-0.25, -0.2) is 0 Å². The van der Waals surface area contributed by atoms with E-state index in [0.29, 0.717) is 0 Å². The second-order valence-corrected chi connectivity index (χ2v) is 19.8. The smallest absolute Gasteiger partial charge is 0.0542 e. The number of rotatable bonds is 10. The minimum Gasteiger partial charge on any atom is -0.310 e. The molecule has 0 spiro atoms. The standard InChI is InChI=1S/C70H54N4/c1-47-13-29-55(30-14-47)71(61-41-43-69-65(45-61)63-9-5-7-11-67(63)73(69)59-33-17-49(3)18-34-59)57-37-25-53(26-38-57)51-21-23-52(24-22-51)54-27-39-58(40-28-54)72(56-31-15-48(2)16-32-56)62-42-44-70-66(46-62)64-10-6-8-12-68(64)74(70)60-35-19-50(4)20-36-60/h5-46H,1-4H3. The molecule has 0 saturated carbocycles. The van der Waals surface area contributed by atoms with Crippen LogP contribution in [0.1, 0.15) is 22.3 Å². The van der Waals surface area contributed by atoms with Crippen LogP contribution in [0.25, 0.3) is 77.2 Å². The Kier molecular flexibility index (Phi) is 11.0. The van der Waals surface area contributed by atoms with Crippen LogP contribution >= 0.6 is 0 Å². The fourth-order valence-corrected chi connectivity index (χ4v) is 10.9. The van der Waals surface area contributed by atoms with Gasteiger partial charge in [0.05, 0.1) is 22.1 Å². The second kappa shape index (κ2) is 18.3. The third-order valence-electron chi connectivity index (χ3n) is 14.8. The monoisotopic (exact) mass is 950 g/mol. The molecule has 4 heteroatoms. The van der Waals surface area contributed by atoms with Crippen LogP contribution in [0.3, 0.4) is 0 Å². The third-order valence-corrected chi connectivity index (χ3v) is 14.8. The highest BCUT2D eigenvalue weighted by Crippen LogP contribution is 2.43. The maximum Gasteiger partial charge on any atom is 0.0542 e. The number of anilines is 6. The first-order valence-electron chi connectivity index (χ1n) is 25.6. The molecule has 4 nitrogen and oxygen atoms in total. The van der Waals surface area contributed by atoms with Gasteiger partial charge in [-0.1, -0.05) is 156 Å². The minimum absolute atomic E-state index is 1.10. The van der Waals surface area contributed by atoms with Gasteiger partial charge in [0, 0.05) is 67.0 Å². The van der Waals surface area contributed by atoms with Crippen molar-refractivity contribution in [3.63, 3.8) is 0 Å². The lowest BCUT2D eigenvalue weighted by molar-refractivity contribution is 1.17. The summed E-state index contributed by atoms with van der Waals surface area (Å²) in [5.74, 6) is 0. The molecule has 0 radical (unpaired) electrons. The van der Waals surface area contributed by atoms with E-state index in [1.807, 2.05) is 0 Å². The molecule has 0 aliphatic rings. The van der Waals surface area contributed by atoms with Crippen LogP contribution < -0.4 is 9.80 Å². The van der Waals surface area contributed by atoms with E-state index in [-0.39, 0.29) is 0 Å².